The summed E-state index contributed by atoms with van der Waals surface area (Å²) >= 11 is 0. The number of benzene rings is 1. The van der Waals surface area contributed by atoms with Gasteiger partial charge in [0.25, 0.3) is 0 Å². The maximum atomic E-state index is 8.94. The van der Waals surface area contributed by atoms with Gasteiger partial charge in [0.05, 0.1) is 5.71 Å². The van der Waals surface area contributed by atoms with Crippen LogP contribution in [-0.2, 0) is 11.8 Å². The summed E-state index contributed by atoms with van der Waals surface area (Å²) in [6, 6.07) is 8.39. The molecule has 0 fully saturated rings. The third kappa shape index (κ3) is 1.22. The first-order valence-electron chi connectivity index (χ1n) is 4.96. The van der Waals surface area contributed by atoms with Crippen molar-refractivity contribution < 1.29 is 5.21 Å². The van der Waals surface area contributed by atoms with E-state index in [1.165, 1.54) is 11.1 Å². The summed E-state index contributed by atoms with van der Waals surface area (Å²) in [5, 5.41) is 12.4. The lowest BCUT2D eigenvalue weighted by molar-refractivity contribution is 0.311. The maximum absolute atomic E-state index is 8.94. The molecule has 74 valence electrons. The van der Waals surface area contributed by atoms with E-state index < -0.39 is 0 Å². The van der Waals surface area contributed by atoms with E-state index >= 15 is 0 Å². The average molecular weight is 189 g/mol. The van der Waals surface area contributed by atoms with Crippen molar-refractivity contribution in [1.82, 2.24) is 0 Å². The Hall–Kier alpha value is -1.31. The zero-order chi connectivity index (χ0) is 10.2. The molecule has 0 spiro atoms. The molecule has 0 saturated carbocycles. The Kier molecular flexibility index (Phi) is 2.06. The average Bonchev–Trinajstić information content (AvgIpc) is 2.18. The van der Waals surface area contributed by atoms with Gasteiger partial charge in [0, 0.05) is 5.41 Å². The predicted molar refractivity (Wildman–Crippen MR) is 57.0 cm³/mol. The van der Waals surface area contributed by atoms with Crippen molar-refractivity contribution in [3.63, 3.8) is 0 Å². The number of fused-ring (bicyclic) bond motifs is 1. The van der Waals surface area contributed by atoms with E-state index in [1.807, 2.05) is 6.07 Å². The summed E-state index contributed by atoms with van der Waals surface area (Å²) in [4.78, 5) is 0. The fourth-order valence-electron chi connectivity index (χ4n) is 2.24. The molecule has 1 aliphatic carbocycles. The van der Waals surface area contributed by atoms with Crippen molar-refractivity contribution in [3.8, 4) is 0 Å². The minimum Gasteiger partial charge on any atom is -0.411 e. The molecule has 2 rings (SSSR count). The Labute approximate surface area is 84.3 Å². The fourth-order valence-corrected chi connectivity index (χ4v) is 2.24. The van der Waals surface area contributed by atoms with Crippen LogP contribution in [0.15, 0.2) is 29.4 Å². The largest absolute Gasteiger partial charge is 0.411 e. The van der Waals surface area contributed by atoms with Gasteiger partial charge in [-0.25, -0.2) is 0 Å². The quantitative estimate of drug-likeness (QED) is 0.494. The van der Waals surface area contributed by atoms with Gasteiger partial charge < -0.3 is 5.21 Å². The molecule has 1 aromatic carbocycles. The number of hydrogen-bond acceptors (Lipinski definition) is 2. The van der Waals surface area contributed by atoms with Gasteiger partial charge in [-0.15, -0.1) is 0 Å². The lowest BCUT2D eigenvalue weighted by Crippen LogP contribution is -2.34. The Bertz CT molecular complexity index is 380. The van der Waals surface area contributed by atoms with Gasteiger partial charge >= 0.3 is 0 Å². The first kappa shape index (κ1) is 9.25. The molecule has 0 saturated heterocycles. The summed E-state index contributed by atoms with van der Waals surface area (Å²) in [6.07, 6.45) is 1.85. The van der Waals surface area contributed by atoms with E-state index in [0.717, 1.165) is 18.6 Å². The monoisotopic (exact) mass is 189 g/mol. The fraction of sp³-hybridized carbons (Fsp3) is 0.417. The van der Waals surface area contributed by atoms with Crippen LogP contribution in [0.1, 0.15) is 31.4 Å². The van der Waals surface area contributed by atoms with Crippen LogP contribution in [-0.4, -0.2) is 10.9 Å². The van der Waals surface area contributed by atoms with Crippen molar-refractivity contribution in [2.75, 3.05) is 0 Å². The zero-order valence-electron chi connectivity index (χ0n) is 8.62. The topological polar surface area (TPSA) is 32.6 Å². The van der Waals surface area contributed by atoms with E-state index in [1.54, 1.807) is 0 Å². The van der Waals surface area contributed by atoms with Gasteiger partial charge in [-0.1, -0.05) is 43.3 Å². The second-order valence-electron chi connectivity index (χ2n) is 4.33. The summed E-state index contributed by atoms with van der Waals surface area (Å²) in [6.45, 7) is 4.22. The third-order valence-electron chi connectivity index (χ3n) is 3.16. The summed E-state index contributed by atoms with van der Waals surface area (Å²) < 4.78 is 0. The van der Waals surface area contributed by atoms with Crippen molar-refractivity contribution in [2.24, 2.45) is 5.16 Å². The molecule has 2 nitrogen and oxygen atoms in total. The lowest BCUT2D eigenvalue weighted by Gasteiger charge is -2.33. The predicted octanol–water partition coefficient (Wildman–Crippen LogP) is 2.74. The molecule has 0 unspecified atom stereocenters. The first-order chi connectivity index (χ1) is 6.66. The van der Waals surface area contributed by atoms with Gasteiger partial charge in [0.15, 0.2) is 0 Å². The molecule has 0 atom stereocenters. The van der Waals surface area contributed by atoms with Crippen LogP contribution in [0.2, 0.25) is 0 Å². The molecule has 0 bridgehead atoms. The molecule has 0 heterocycles. The second kappa shape index (κ2) is 3.12. The standard InChI is InChI=1S/C12H15NO/c1-12(2)10-6-4-3-5-9(10)7-8-11(12)13-14/h3-6,14H,7-8H2,1-2H3/b13-11+. The van der Waals surface area contributed by atoms with Crippen LogP contribution < -0.4 is 0 Å². The Balaban J connectivity index is 2.57. The minimum atomic E-state index is -0.121. The van der Waals surface area contributed by atoms with Crippen LogP contribution in [0, 0.1) is 0 Å². The minimum absolute atomic E-state index is 0.121. The summed E-state index contributed by atoms with van der Waals surface area (Å²) in [5.41, 5.74) is 3.43. The van der Waals surface area contributed by atoms with Gasteiger partial charge in [-0.2, -0.15) is 0 Å². The maximum Gasteiger partial charge on any atom is 0.0673 e. The number of nitrogens with zero attached hydrogens (tertiary/aromatic N) is 1. The van der Waals surface area contributed by atoms with Crippen molar-refractivity contribution in [2.45, 2.75) is 32.1 Å². The smallest absolute Gasteiger partial charge is 0.0673 e. The highest BCUT2D eigenvalue weighted by molar-refractivity contribution is 5.95. The molecule has 0 amide bonds. The van der Waals surface area contributed by atoms with Gasteiger partial charge in [0.2, 0.25) is 0 Å². The second-order valence-corrected chi connectivity index (χ2v) is 4.33. The molecule has 2 heteroatoms. The van der Waals surface area contributed by atoms with Gasteiger partial charge in [-0.05, 0) is 24.0 Å². The van der Waals surface area contributed by atoms with Crippen molar-refractivity contribution in [3.05, 3.63) is 35.4 Å². The number of hydrogen-bond donors (Lipinski definition) is 1. The first-order valence-corrected chi connectivity index (χ1v) is 4.96. The molecular weight excluding hydrogens is 174 g/mol. The van der Waals surface area contributed by atoms with E-state index in [9.17, 15) is 0 Å². The van der Waals surface area contributed by atoms with E-state index in [2.05, 4.69) is 37.2 Å². The lowest BCUT2D eigenvalue weighted by atomic mass is 9.71. The Morgan fingerprint density at radius 2 is 1.93 bits per heavy atom. The van der Waals surface area contributed by atoms with E-state index in [4.69, 9.17) is 5.21 Å². The van der Waals surface area contributed by atoms with Crippen LogP contribution in [0.25, 0.3) is 0 Å². The SMILES string of the molecule is CC1(C)/C(=N/O)CCc2ccccc21. The van der Waals surface area contributed by atoms with Crippen LogP contribution in [0.3, 0.4) is 0 Å². The molecule has 1 aliphatic rings. The highest BCUT2D eigenvalue weighted by Gasteiger charge is 2.33. The van der Waals surface area contributed by atoms with Gasteiger partial charge in [-0.3, -0.25) is 0 Å². The molecule has 0 radical (unpaired) electrons. The van der Waals surface area contributed by atoms with E-state index in [-0.39, 0.29) is 5.41 Å². The molecular formula is C12H15NO. The van der Waals surface area contributed by atoms with Crippen LogP contribution in [0.4, 0.5) is 0 Å². The van der Waals surface area contributed by atoms with Crippen molar-refractivity contribution >= 4 is 5.71 Å². The molecule has 0 aromatic heterocycles. The normalized spacial score (nSPS) is 22.0. The highest BCUT2D eigenvalue weighted by atomic mass is 16.4. The van der Waals surface area contributed by atoms with Crippen molar-refractivity contribution in [1.29, 1.82) is 0 Å². The number of rotatable bonds is 0. The molecule has 1 N–H and O–H groups in total. The van der Waals surface area contributed by atoms with E-state index in [0.29, 0.717) is 0 Å². The highest BCUT2D eigenvalue weighted by Crippen LogP contribution is 2.34. The summed E-state index contributed by atoms with van der Waals surface area (Å²) in [7, 11) is 0. The van der Waals surface area contributed by atoms with Crippen LogP contribution >= 0.6 is 0 Å². The Morgan fingerprint density at radius 1 is 1.21 bits per heavy atom. The third-order valence-corrected chi connectivity index (χ3v) is 3.16. The Morgan fingerprint density at radius 3 is 2.64 bits per heavy atom. The molecule has 1 aromatic rings. The number of oxime groups is 1. The van der Waals surface area contributed by atoms with Gasteiger partial charge in [0.1, 0.15) is 0 Å². The summed E-state index contributed by atoms with van der Waals surface area (Å²) in [5.74, 6) is 0. The molecule has 0 aliphatic heterocycles. The van der Waals surface area contributed by atoms with Crippen LogP contribution in [0.5, 0.6) is 0 Å². The number of aryl methyl sites for hydroxylation is 1. The zero-order valence-corrected chi connectivity index (χ0v) is 8.62. The molecule has 14 heavy (non-hydrogen) atoms.